The van der Waals surface area contributed by atoms with Crippen LogP contribution < -0.4 is 10.5 Å². The van der Waals surface area contributed by atoms with Gasteiger partial charge in [-0.2, -0.15) is 11.8 Å². The zero-order valence-corrected chi connectivity index (χ0v) is 14.5. The number of benzene rings is 1. The first-order chi connectivity index (χ1) is 9.69. The number of halogens is 1. The maximum atomic E-state index is 6.08. The number of hydrogen-bond donors (Lipinski definition) is 1. The van der Waals surface area contributed by atoms with Crippen LogP contribution in [0.2, 0.25) is 0 Å². The van der Waals surface area contributed by atoms with E-state index >= 15 is 0 Å². The first kappa shape index (κ1) is 16.1. The monoisotopic (exact) mass is 358 g/mol. The molecular weight excluding hydrogens is 336 g/mol. The van der Waals surface area contributed by atoms with Gasteiger partial charge in [0.1, 0.15) is 5.75 Å². The summed E-state index contributed by atoms with van der Waals surface area (Å²) in [5.41, 5.74) is 7.26. The normalized spacial score (nSPS) is 21.7. The highest BCUT2D eigenvalue weighted by molar-refractivity contribution is 9.10. The van der Waals surface area contributed by atoms with Gasteiger partial charge in [0, 0.05) is 40.7 Å². The topological polar surface area (TPSA) is 38.5 Å². The predicted octanol–water partition coefficient (Wildman–Crippen LogP) is 3.28. The van der Waals surface area contributed by atoms with Gasteiger partial charge >= 0.3 is 0 Å². The van der Waals surface area contributed by atoms with Crippen molar-refractivity contribution in [3.05, 3.63) is 28.2 Å². The number of ether oxygens (including phenoxy) is 1. The summed E-state index contributed by atoms with van der Waals surface area (Å²) in [4.78, 5) is 2.51. The van der Waals surface area contributed by atoms with Crippen LogP contribution >= 0.6 is 27.7 Å². The molecule has 1 heterocycles. The molecule has 2 unspecified atom stereocenters. The summed E-state index contributed by atoms with van der Waals surface area (Å²) in [5, 5.41) is 0.718. The van der Waals surface area contributed by atoms with Crippen LogP contribution in [0.5, 0.6) is 5.75 Å². The van der Waals surface area contributed by atoms with E-state index in [0.717, 1.165) is 28.6 Å². The van der Waals surface area contributed by atoms with Gasteiger partial charge in [-0.15, -0.1) is 0 Å². The van der Waals surface area contributed by atoms with Crippen LogP contribution in [0.1, 0.15) is 24.9 Å². The van der Waals surface area contributed by atoms with Crippen LogP contribution in [-0.2, 0) is 0 Å². The standard InChI is InChI=1S/C15H23BrN2OS/c1-3-12-10-18(6-7-20-12)14(9-17)13-8-11(16)4-5-15(13)19-2/h4-5,8,12,14H,3,6-7,9-10,17H2,1-2H3. The lowest BCUT2D eigenvalue weighted by Crippen LogP contribution is -2.42. The van der Waals surface area contributed by atoms with E-state index in [1.165, 1.54) is 17.7 Å². The van der Waals surface area contributed by atoms with Gasteiger partial charge in [0.25, 0.3) is 0 Å². The number of nitrogens with two attached hydrogens (primary N) is 1. The molecular formula is C15H23BrN2OS. The first-order valence-corrected chi connectivity index (χ1v) is 8.92. The van der Waals surface area contributed by atoms with Crippen LogP contribution in [0, 0.1) is 0 Å². The molecule has 0 bridgehead atoms. The van der Waals surface area contributed by atoms with E-state index in [9.17, 15) is 0 Å². The summed E-state index contributed by atoms with van der Waals surface area (Å²) in [6.45, 7) is 5.09. The highest BCUT2D eigenvalue weighted by atomic mass is 79.9. The third-order valence-corrected chi connectivity index (χ3v) is 5.71. The largest absolute Gasteiger partial charge is 0.496 e. The molecule has 0 amide bonds. The van der Waals surface area contributed by atoms with Crippen LogP contribution in [0.15, 0.2) is 22.7 Å². The molecule has 5 heteroatoms. The van der Waals surface area contributed by atoms with Gasteiger partial charge in [0.05, 0.1) is 13.2 Å². The second-order valence-electron chi connectivity index (χ2n) is 5.03. The summed E-state index contributed by atoms with van der Waals surface area (Å²) < 4.78 is 6.59. The van der Waals surface area contributed by atoms with Crippen molar-refractivity contribution in [2.45, 2.75) is 24.6 Å². The van der Waals surface area contributed by atoms with Crippen LogP contribution in [-0.4, -0.2) is 42.6 Å². The number of nitrogens with zero attached hydrogens (tertiary/aromatic N) is 1. The minimum Gasteiger partial charge on any atom is -0.496 e. The second-order valence-corrected chi connectivity index (χ2v) is 7.36. The molecule has 20 heavy (non-hydrogen) atoms. The first-order valence-electron chi connectivity index (χ1n) is 7.08. The Kier molecular flexibility index (Phi) is 6.20. The average molecular weight is 359 g/mol. The molecule has 2 atom stereocenters. The van der Waals surface area contributed by atoms with Crippen LogP contribution in [0.3, 0.4) is 0 Å². The lowest BCUT2D eigenvalue weighted by Gasteiger charge is -2.38. The molecule has 0 saturated carbocycles. The fourth-order valence-electron chi connectivity index (χ4n) is 2.71. The third kappa shape index (κ3) is 3.70. The van der Waals surface area contributed by atoms with Crippen molar-refractivity contribution >= 4 is 27.7 Å². The Morgan fingerprint density at radius 2 is 2.35 bits per heavy atom. The molecule has 3 nitrogen and oxygen atoms in total. The molecule has 1 aromatic rings. The minimum absolute atomic E-state index is 0.234. The van der Waals surface area contributed by atoms with E-state index in [-0.39, 0.29) is 6.04 Å². The second kappa shape index (κ2) is 7.69. The van der Waals surface area contributed by atoms with Crippen molar-refractivity contribution in [2.24, 2.45) is 5.73 Å². The fraction of sp³-hybridized carbons (Fsp3) is 0.600. The van der Waals surface area contributed by atoms with Crippen molar-refractivity contribution in [2.75, 3.05) is 32.5 Å². The van der Waals surface area contributed by atoms with E-state index in [1.54, 1.807) is 7.11 Å². The van der Waals surface area contributed by atoms with Gasteiger partial charge in [-0.25, -0.2) is 0 Å². The Morgan fingerprint density at radius 1 is 1.55 bits per heavy atom. The van der Waals surface area contributed by atoms with Crippen LogP contribution in [0.4, 0.5) is 0 Å². The Bertz CT molecular complexity index is 444. The molecule has 1 fully saturated rings. The molecule has 0 aromatic heterocycles. The quantitative estimate of drug-likeness (QED) is 0.876. The number of rotatable bonds is 5. The van der Waals surface area contributed by atoms with Gasteiger partial charge in [-0.3, -0.25) is 4.90 Å². The SMILES string of the molecule is CCC1CN(C(CN)c2cc(Br)ccc2OC)CCS1. The van der Waals surface area contributed by atoms with Gasteiger partial charge < -0.3 is 10.5 Å². The van der Waals surface area contributed by atoms with Gasteiger partial charge in [-0.05, 0) is 24.6 Å². The lowest BCUT2D eigenvalue weighted by molar-refractivity contribution is 0.203. The Labute approximate surface area is 134 Å². The third-order valence-electron chi connectivity index (χ3n) is 3.84. The molecule has 1 saturated heterocycles. The highest BCUT2D eigenvalue weighted by Crippen LogP contribution is 2.34. The number of thioether (sulfide) groups is 1. The molecule has 2 N–H and O–H groups in total. The van der Waals surface area contributed by atoms with E-state index in [0.29, 0.717) is 6.54 Å². The summed E-state index contributed by atoms with van der Waals surface area (Å²) >= 11 is 5.63. The maximum Gasteiger partial charge on any atom is 0.123 e. The minimum atomic E-state index is 0.234. The highest BCUT2D eigenvalue weighted by Gasteiger charge is 2.27. The van der Waals surface area contributed by atoms with Crippen molar-refractivity contribution in [3.63, 3.8) is 0 Å². The molecule has 1 aromatic carbocycles. The van der Waals surface area contributed by atoms with Crippen molar-refractivity contribution in [1.29, 1.82) is 0 Å². The fourth-order valence-corrected chi connectivity index (χ4v) is 4.30. The molecule has 1 aliphatic rings. The van der Waals surface area contributed by atoms with E-state index in [1.807, 2.05) is 12.1 Å². The zero-order chi connectivity index (χ0) is 14.5. The molecule has 1 aliphatic heterocycles. The zero-order valence-electron chi connectivity index (χ0n) is 12.1. The van der Waals surface area contributed by atoms with Gasteiger partial charge in [0.15, 0.2) is 0 Å². The Morgan fingerprint density at radius 3 is 3.00 bits per heavy atom. The molecule has 112 valence electrons. The summed E-state index contributed by atoms with van der Waals surface area (Å²) in [7, 11) is 1.72. The molecule has 0 aliphatic carbocycles. The predicted molar refractivity (Wildman–Crippen MR) is 90.6 cm³/mol. The van der Waals surface area contributed by atoms with Crippen LogP contribution in [0.25, 0.3) is 0 Å². The maximum absolute atomic E-state index is 6.08. The van der Waals surface area contributed by atoms with Crippen molar-refractivity contribution in [3.8, 4) is 5.75 Å². The Balaban J connectivity index is 2.25. The molecule has 2 rings (SSSR count). The summed E-state index contributed by atoms with van der Waals surface area (Å²) in [6, 6.07) is 6.39. The summed E-state index contributed by atoms with van der Waals surface area (Å²) in [5.74, 6) is 2.11. The van der Waals surface area contributed by atoms with Crippen molar-refractivity contribution < 1.29 is 4.74 Å². The Hall–Kier alpha value is -0.230. The smallest absolute Gasteiger partial charge is 0.123 e. The van der Waals surface area contributed by atoms with E-state index < -0.39 is 0 Å². The lowest BCUT2D eigenvalue weighted by atomic mass is 10.0. The van der Waals surface area contributed by atoms with Gasteiger partial charge in [0.2, 0.25) is 0 Å². The summed E-state index contributed by atoms with van der Waals surface area (Å²) in [6.07, 6.45) is 1.22. The number of hydrogen-bond acceptors (Lipinski definition) is 4. The molecule has 0 radical (unpaired) electrons. The van der Waals surface area contributed by atoms with Crippen molar-refractivity contribution in [1.82, 2.24) is 4.90 Å². The van der Waals surface area contributed by atoms with E-state index in [4.69, 9.17) is 10.5 Å². The van der Waals surface area contributed by atoms with E-state index in [2.05, 4.69) is 45.6 Å². The molecule has 0 spiro atoms. The number of methoxy groups -OCH3 is 1. The average Bonchev–Trinajstić information content (AvgIpc) is 2.48. The van der Waals surface area contributed by atoms with Gasteiger partial charge in [-0.1, -0.05) is 22.9 Å².